The Labute approximate surface area is 87.3 Å². The molecule has 0 aromatic heterocycles. The summed E-state index contributed by atoms with van der Waals surface area (Å²) in [7, 11) is 0. The topological polar surface area (TPSA) is 0 Å². The summed E-state index contributed by atoms with van der Waals surface area (Å²) >= 11 is 15.5. The first kappa shape index (κ1) is 9.80. The van der Waals surface area contributed by atoms with Gasteiger partial charge in [-0.05, 0) is 18.2 Å². The van der Waals surface area contributed by atoms with Crippen molar-refractivity contribution >= 4 is 35.8 Å². The molecule has 1 aromatic carbocycles. The Morgan fingerprint density at radius 1 is 1.33 bits per heavy atom. The average Bonchev–Trinajstić information content (AvgIpc) is 2.03. The van der Waals surface area contributed by atoms with Crippen molar-refractivity contribution in [3.63, 3.8) is 0 Å². The monoisotopic (exact) mass is 216 g/mol. The fourth-order valence-corrected chi connectivity index (χ4v) is 1.26. The summed E-state index contributed by atoms with van der Waals surface area (Å²) in [5, 5.41) is 1.20. The molecule has 0 unspecified atom stereocenters. The average molecular weight is 217 g/mol. The predicted octanol–water partition coefficient (Wildman–Crippen LogP) is 3.27. The maximum atomic E-state index is 5.85. The van der Waals surface area contributed by atoms with Crippen LogP contribution in [0.15, 0.2) is 18.2 Å². The second kappa shape index (κ2) is 4.67. The highest BCUT2D eigenvalue weighted by Gasteiger charge is 1.96. The molecule has 0 bridgehead atoms. The van der Waals surface area contributed by atoms with Crippen molar-refractivity contribution in [2.24, 2.45) is 0 Å². The summed E-state index contributed by atoms with van der Waals surface area (Å²) in [4.78, 5) is 0. The zero-order valence-corrected chi connectivity index (χ0v) is 8.55. The van der Waals surface area contributed by atoms with Crippen molar-refractivity contribution in [2.45, 2.75) is 0 Å². The molecular weight excluding hydrogens is 211 g/mol. The Hall–Kier alpha value is -0.290. The number of benzene rings is 1. The van der Waals surface area contributed by atoms with Crippen molar-refractivity contribution in [1.29, 1.82) is 0 Å². The van der Waals surface area contributed by atoms with Crippen LogP contribution in [-0.4, -0.2) is 5.75 Å². The second-order valence-electron chi connectivity index (χ2n) is 2.08. The van der Waals surface area contributed by atoms with Gasteiger partial charge in [0.05, 0.1) is 10.8 Å². The molecule has 62 valence electrons. The van der Waals surface area contributed by atoms with Gasteiger partial charge in [0, 0.05) is 10.6 Å². The minimum atomic E-state index is 0.527. The largest absolute Gasteiger partial charge is 0.166 e. The van der Waals surface area contributed by atoms with E-state index in [-0.39, 0.29) is 0 Å². The van der Waals surface area contributed by atoms with Gasteiger partial charge >= 0.3 is 0 Å². The first-order chi connectivity index (χ1) is 5.74. The molecule has 0 fully saturated rings. The van der Waals surface area contributed by atoms with Crippen LogP contribution in [0.25, 0.3) is 0 Å². The van der Waals surface area contributed by atoms with Gasteiger partial charge in [0.1, 0.15) is 0 Å². The predicted molar refractivity (Wildman–Crippen MR) is 57.2 cm³/mol. The molecule has 0 saturated carbocycles. The molecule has 0 spiro atoms. The normalized spacial score (nSPS) is 8.92. The van der Waals surface area contributed by atoms with E-state index in [2.05, 4.69) is 24.5 Å². The summed E-state index contributed by atoms with van der Waals surface area (Å²) < 4.78 is 0. The van der Waals surface area contributed by atoms with Crippen LogP contribution in [0.3, 0.4) is 0 Å². The van der Waals surface area contributed by atoms with Gasteiger partial charge in [-0.15, -0.1) is 0 Å². The standard InChI is InChI=1S/C9H6Cl2S/c10-8-4-3-7(2-1-5-12)9(11)6-8/h3-4,6,12H,5H2. The van der Waals surface area contributed by atoms with Gasteiger partial charge in [-0.3, -0.25) is 0 Å². The summed E-state index contributed by atoms with van der Waals surface area (Å²) in [6, 6.07) is 5.22. The molecule has 0 amide bonds. The SMILES string of the molecule is SCC#Cc1ccc(Cl)cc1Cl. The summed E-state index contributed by atoms with van der Waals surface area (Å²) in [5.41, 5.74) is 0.787. The molecule has 1 rings (SSSR count). The first-order valence-electron chi connectivity index (χ1n) is 3.29. The van der Waals surface area contributed by atoms with Gasteiger partial charge < -0.3 is 0 Å². The fraction of sp³-hybridized carbons (Fsp3) is 0.111. The molecule has 0 saturated heterocycles. The third-order valence-corrected chi connectivity index (χ3v) is 1.94. The maximum Gasteiger partial charge on any atom is 0.0577 e. The van der Waals surface area contributed by atoms with Gasteiger partial charge in [0.15, 0.2) is 0 Å². The van der Waals surface area contributed by atoms with Gasteiger partial charge in [-0.1, -0.05) is 35.0 Å². The number of rotatable bonds is 0. The van der Waals surface area contributed by atoms with E-state index < -0.39 is 0 Å². The minimum absolute atomic E-state index is 0.527. The molecule has 3 heteroatoms. The van der Waals surface area contributed by atoms with E-state index >= 15 is 0 Å². The third kappa shape index (κ3) is 2.64. The Morgan fingerprint density at radius 3 is 2.67 bits per heavy atom. The zero-order valence-electron chi connectivity index (χ0n) is 6.14. The van der Waals surface area contributed by atoms with Gasteiger partial charge in [0.25, 0.3) is 0 Å². The van der Waals surface area contributed by atoms with Crippen molar-refractivity contribution in [3.8, 4) is 11.8 Å². The van der Waals surface area contributed by atoms with Crippen LogP contribution in [-0.2, 0) is 0 Å². The number of halogens is 2. The van der Waals surface area contributed by atoms with Gasteiger partial charge in [-0.2, -0.15) is 12.6 Å². The van der Waals surface area contributed by atoms with Crippen molar-refractivity contribution in [3.05, 3.63) is 33.8 Å². The lowest BCUT2D eigenvalue weighted by atomic mass is 10.2. The van der Waals surface area contributed by atoms with E-state index in [0.717, 1.165) is 5.56 Å². The Morgan fingerprint density at radius 2 is 2.08 bits per heavy atom. The van der Waals surface area contributed by atoms with E-state index in [1.807, 2.05) is 0 Å². The molecular formula is C9H6Cl2S. The Bertz CT molecular complexity index is 336. The highest BCUT2D eigenvalue weighted by molar-refractivity contribution is 7.80. The highest BCUT2D eigenvalue weighted by atomic mass is 35.5. The van der Waals surface area contributed by atoms with Gasteiger partial charge in [-0.25, -0.2) is 0 Å². The van der Waals surface area contributed by atoms with Crippen molar-refractivity contribution in [2.75, 3.05) is 5.75 Å². The number of hydrogen-bond donors (Lipinski definition) is 1. The molecule has 0 atom stereocenters. The number of hydrogen-bond acceptors (Lipinski definition) is 1. The fourth-order valence-electron chi connectivity index (χ4n) is 0.726. The van der Waals surface area contributed by atoms with Gasteiger partial charge in [0.2, 0.25) is 0 Å². The minimum Gasteiger partial charge on any atom is -0.166 e. The molecule has 12 heavy (non-hydrogen) atoms. The second-order valence-corrected chi connectivity index (χ2v) is 3.24. The molecule has 0 N–H and O–H groups in total. The van der Waals surface area contributed by atoms with Crippen LogP contribution >= 0.6 is 35.8 Å². The summed E-state index contributed by atoms with van der Waals surface area (Å²) in [5.74, 6) is 6.21. The van der Waals surface area contributed by atoms with E-state index in [1.165, 1.54) is 0 Å². The Balaban J connectivity index is 3.01. The van der Waals surface area contributed by atoms with Crippen LogP contribution in [0, 0.1) is 11.8 Å². The smallest absolute Gasteiger partial charge is 0.0577 e. The molecule has 0 aliphatic carbocycles. The molecule has 0 nitrogen and oxygen atoms in total. The van der Waals surface area contributed by atoms with Crippen LogP contribution in [0.2, 0.25) is 10.0 Å². The lowest BCUT2D eigenvalue weighted by Gasteiger charge is -1.94. The molecule has 1 aromatic rings. The first-order valence-corrected chi connectivity index (χ1v) is 4.67. The van der Waals surface area contributed by atoms with E-state index in [0.29, 0.717) is 15.8 Å². The molecule has 0 radical (unpaired) electrons. The van der Waals surface area contributed by atoms with Crippen LogP contribution in [0.5, 0.6) is 0 Å². The summed E-state index contributed by atoms with van der Waals surface area (Å²) in [6.07, 6.45) is 0. The highest BCUT2D eigenvalue weighted by Crippen LogP contribution is 2.19. The van der Waals surface area contributed by atoms with Crippen LogP contribution < -0.4 is 0 Å². The Kier molecular flexibility index (Phi) is 3.81. The molecule has 0 aliphatic heterocycles. The quantitative estimate of drug-likeness (QED) is 0.500. The van der Waals surface area contributed by atoms with Crippen molar-refractivity contribution in [1.82, 2.24) is 0 Å². The van der Waals surface area contributed by atoms with E-state index in [9.17, 15) is 0 Å². The molecule has 0 heterocycles. The van der Waals surface area contributed by atoms with E-state index in [4.69, 9.17) is 23.2 Å². The maximum absolute atomic E-state index is 5.85. The summed E-state index contributed by atoms with van der Waals surface area (Å²) in [6.45, 7) is 0. The van der Waals surface area contributed by atoms with Crippen LogP contribution in [0.1, 0.15) is 5.56 Å². The van der Waals surface area contributed by atoms with Crippen molar-refractivity contribution < 1.29 is 0 Å². The lowest BCUT2D eigenvalue weighted by molar-refractivity contribution is 1.64. The van der Waals surface area contributed by atoms with E-state index in [1.54, 1.807) is 18.2 Å². The zero-order chi connectivity index (χ0) is 8.97. The third-order valence-electron chi connectivity index (χ3n) is 1.23. The van der Waals surface area contributed by atoms with Crippen LogP contribution in [0.4, 0.5) is 0 Å². The molecule has 0 aliphatic rings. The number of thiol groups is 1. The lowest BCUT2D eigenvalue weighted by Crippen LogP contribution is -1.76.